The number of methoxy groups -OCH3 is 1. The number of alkyl carbamates (subject to hydrolysis) is 1. The van der Waals surface area contributed by atoms with E-state index in [2.05, 4.69) is 30.3 Å². The quantitative estimate of drug-likeness (QED) is 0.114. The number of aromatic amines is 1. The van der Waals surface area contributed by atoms with E-state index in [1.54, 1.807) is 60.2 Å². The molecule has 5 heterocycles. The normalized spacial score (nSPS) is 19.9. The van der Waals surface area contributed by atoms with Crippen molar-refractivity contribution in [1.82, 2.24) is 30.1 Å². The zero-order valence-corrected chi connectivity index (χ0v) is 38.0. The molecule has 3 aliphatic rings. The number of nitrogens with one attached hydrogen (secondary N) is 3. The van der Waals surface area contributed by atoms with Gasteiger partial charge in [0, 0.05) is 63.3 Å². The molecule has 16 nitrogen and oxygen atoms in total. The molecule has 0 radical (unpaired) electrons. The molecule has 0 bridgehead atoms. The molecule has 4 N–H and O–H groups in total. The standard InChI is InChI=1S/C46H54ClF3N8O8/c1-26-18-36(58(23-26)42(61)39(55-44(63)64-5)30-12-16-65-17-13-30)40-52-22-35(53-40)29-8-6-28(7-9-29)32-19-33(47)34(20-37(32)66-46(48,49)50)54-41(60)31-10-11-38(51-21-31)57-15-14-56(24-27(57)2)43(62)45(3,4)25-59/h6-11,19-22,26-27,30,36,39,59H,12-18,23-25H2,1-5H3,(H,52,53)(H,54,60)(H,55,63)/t26-,27+,36-,39-/m0/s1. The number of anilines is 2. The topological polar surface area (TPSA) is 192 Å². The van der Waals surface area contributed by atoms with Gasteiger partial charge in [0.2, 0.25) is 11.8 Å². The number of aromatic nitrogens is 3. The Kier molecular flexibility index (Phi) is 14.5. The second-order valence-electron chi connectivity index (χ2n) is 17.7. The van der Waals surface area contributed by atoms with Crippen molar-refractivity contribution in [1.29, 1.82) is 0 Å². The molecule has 2 aromatic heterocycles. The van der Waals surface area contributed by atoms with Crippen molar-refractivity contribution in [2.45, 2.75) is 71.4 Å². The molecule has 3 saturated heterocycles. The number of halogens is 4. The highest BCUT2D eigenvalue weighted by Gasteiger charge is 2.42. The molecule has 0 unspecified atom stereocenters. The molecule has 0 saturated carbocycles. The number of piperazine rings is 1. The predicted molar refractivity (Wildman–Crippen MR) is 239 cm³/mol. The number of likely N-dealkylation sites (tertiary alicyclic amines) is 1. The van der Waals surface area contributed by atoms with Crippen LogP contribution >= 0.6 is 11.6 Å². The fourth-order valence-corrected chi connectivity index (χ4v) is 8.98. The zero-order chi connectivity index (χ0) is 47.5. The van der Waals surface area contributed by atoms with Gasteiger partial charge in [-0.25, -0.2) is 14.8 Å². The van der Waals surface area contributed by atoms with Crippen LogP contribution in [0.1, 0.15) is 69.2 Å². The van der Waals surface area contributed by atoms with Crippen LogP contribution in [0.3, 0.4) is 0 Å². The first-order valence-corrected chi connectivity index (χ1v) is 22.2. The Morgan fingerprint density at radius 2 is 1.70 bits per heavy atom. The number of H-pyrrole nitrogens is 1. The van der Waals surface area contributed by atoms with E-state index in [0.29, 0.717) is 87.1 Å². The first kappa shape index (κ1) is 48.0. The number of imidazole rings is 1. The van der Waals surface area contributed by atoms with E-state index in [1.807, 2.05) is 18.7 Å². The largest absolute Gasteiger partial charge is 0.573 e. The number of rotatable bonds is 12. The number of hydrogen-bond donors (Lipinski definition) is 4. The van der Waals surface area contributed by atoms with Crippen LogP contribution in [-0.2, 0) is 19.1 Å². The van der Waals surface area contributed by atoms with Gasteiger partial charge in [-0.1, -0.05) is 42.8 Å². The van der Waals surface area contributed by atoms with E-state index in [1.165, 1.54) is 25.4 Å². The number of aliphatic hydroxyl groups excluding tert-OH is 1. The first-order valence-electron chi connectivity index (χ1n) is 21.8. The highest BCUT2D eigenvalue weighted by molar-refractivity contribution is 6.34. The SMILES string of the molecule is COC(=O)N[C@H](C(=O)N1C[C@@H](C)C[C@H]1c1ncc(-c2ccc(-c3cc(Cl)c(NC(=O)c4ccc(N5CCN(C(=O)C(C)(C)CO)C[C@H]5C)nc4)cc3OC(F)(F)F)cc2)[nH]1)C1CCOCC1. The summed E-state index contributed by atoms with van der Waals surface area (Å²) in [5.41, 5.74) is 0.730. The summed E-state index contributed by atoms with van der Waals surface area (Å²) in [5, 5.41) is 14.9. The van der Waals surface area contributed by atoms with Gasteiger partial charge in [-0.2, -0.15) is 0 Å². The van der Waals surface area contributed by atoms with E-state index in [0.717, 1.165) is 6.07 Å². The number of nitrogens with zero attached hydrogens (tertiary/aromatic N) is 5. The van der Waals surface area contributed by atoms with Gasteiger partial charge < -0.3 is 49.6 Å². The van der Waals surface area contributed by atoms with Crippen molar-refractivity contribution in [3.8, 4) is 28.1 Å². The van der Waals surface area contributed by atoms with Gasteiger partial charge in [-0.15, -0.1) is 13.2 Å². The summed E-state index contributed by atoms with van der Waals surface area (Å²) in [6.07, 6.45) is -0.939. The van der Waals surface area contributed by atoms with Crippen molar-refractivity contribution < 1.29 is 51.7 Å². The Bertz CT molecular complexity index is 2390. The van der Waals surface area contributed by atoms with Crippen LogP contribution in [-0.4, -0.2) is 125 Å². The highest BCUT2D eigenvalue weighted by atomic mass is 35.5. The predicted octanol–water partition coefficient (Wildman–Crippen LogP) is 7.06. The van der Waals surface area contributed by atoms with Gasteiger partial charge in [0.15, 0.2) is 0 Å². The minimum Gasteiger partial charge on any atom is -0.453 e. The molecule has 4 amide bonds. The number of benzene rings is 2. The third kappa shape index (κ3) is 10.8. The maximum Gasteiger partial charge on any atom is 0.573 e. The summed E-state index contributed by atoms with van der Waals surface area (Å²) in [6, 6.07) is 10.8. The second-order valence-corrected chi connectivity index (χ2v) is 18.1. The van der Waals surface area contributed by atoms with E-state index in [4.69, 9.17) is 21.1 Å². The molecule has 0 spiro atoms. The number of amides is 4. The first-order chi connectivity index (χ1) is 31.3. The minimum absolute atomic E-state index is 0.0165. The fourth-order valence-electron chi connectivity index (χ4n) is 8.77. The van der Waals surface area contributed by atoms with Crippen LogP contribution < -0.4 is 20.3 Å². The Morgan fingerprint density at radius 3 is 2.33 bits per heavy atom. The molecule has 3 fully saturated rings. The van der Waals surface area contributed by atoms with E-state index in [-0.39, 0.29) is 58.1 Å². The number of carbonyl (C=O) groups is 4. The van der Waals surface area contributed by atoms with Crippen molar-refractivity contribution in [2.75, 3.05) is 63.3 Å². The zero-order valence-electron chi connectivity index (χ0n) is 37.3. The van der Waals surface area contributed by atoms with Gasteiger partial charge in [0.25, 0.3) is 5.91 Å². The van der Waals surface area contributed by atoms with Crippen LogP contribution in [0, 0.1) is 17.3 Å². The number of pyridine rings is 1. The van der Waals surface area contributed by atoms with Crippen molar-refractivity contribution in [3.05, 3.63) is 77.3 Å². The molecule has 20 heteroatoms. The molecule has 4 aromatic rings. The molecule has 3 aliphatic heterocycles. The lowest BCUT2D eigenvalue weighted by molar-refractivity contribution is -0.274. The van der Waals surface area contributed by atoms with Crippen LogP contribution in [0.4, 0.5) is 29.5 Å². The molecule has 7 rings (SSSR count). The third-order valence-corrected chi connectivity index (χ3v) is 12.7. The summed E-state index contributed by atoms with van der Waals surface area (Å²) < 4.78 is 56.3. The average molecular weight is 939 g/mol. The van der Waals surface area contributed by atoms with Crippen molar-refractivity contribution in [3.63, 3.8) is 0 Å². The molecular weight excluding hydrogens is 885 g/mol. The molecule has 0 aliphatic carbocycles. The number of aliphatic hydroxyl groups is 1. The Balaban J connectivity index is 1.05. The van der Waals surface area contributed by atoms with Crippen molar-refractivity contribution in [2.24, 2.45) is 17.3 Å². The maximum atomic E-state index is 14.1. The number of hydrogen-bond acceptors (Lipinski definition) is 11. The van der Waals surface area contributed by atoms with Gasteiger partial charge in [-0.3, -0.25) is 14.4 Å². The smallest absolute Gasteiger partial charge is 0.453 e. The summed E-state index contributed by atoms with van der Waals surface area (Å²) >= 11 is 6.61. The monoisotopic (exact) mass is 938 g/mol. The van der Waals surface area contributed by atoms with Gasteiger partial charge >= 0.3 is 12.5 Å². The Labute approximate surface area is 385 Å². The van der Waals surface area contributed by atoms with Gasteiger partial charge in [0.05, 0.1) is 53.3 Å². The summed E-state index contributed by atoms with van der Waals surface area (Å²) in [5.74, 6) is -0.491. The maximum absolute atomic E-state index is 14.1. The average Bonchev–Trinajstić information content (AvgIpc) is 3.95. The Morgan fingerprint density at radius 1 is 0.985 bits per heavy atom. The molecule has 2 aromatic carbocycles. The lowest BCUT2D eigenvalue weighted by Gasteiger charge is -2.42. The lowest BCUT2D eigenvalue weighted by Crippen LogP contribution is -2.56. The molecular formula is C46H54ClF3N8O8. The van der Waals surface area contributed by atoms with E-state index < -0.39 is 41.6 Å². The highest BCUT2D eigenvalue weighted by Crippen LogP contribution is 2.41. The van der Waals surface area contributed by atoms with Crippen LogP contribution in [0.25, 0.3) is 22.4 Å². The van der Waals surface area contributed by atoms with Gasteiger partial charge in [0.1, 0.15) is 23.4 Å². The Hall–Kier alpha value is -5.92. The summed E-state index contributed by atoms with van der Waals surface area (Å²) in [4.78, 5) is 70.6. The number of alkyl halides is 3. The number of carbonyl (C=O) groups excluding carboxylic acids is 4. The molecule has 354 valence electrons. The van der Waals surface area contributed by atoms with Crippen LogP contribution in [0.5, 0.6) is 5.75 Å². The molecule has 66 heavy (non-hydrogen) atoms. The summed E-state index contributed by atoms with van der Waals surface area (Å²) in [7, 11) is 1.25. The van der Waals surface area contributed by atoms with E-state index in [9.17, 15) is 37.5 Å². The number of ether oxygens (including phenoxy) is 3. The lowest BCUT2D eigenvalue weighted by atomic mass is 9.90. The second kappa shape index (κ2) is 19.9. The summed E-state index contributed by atoms with van der Waals surface area (Å²) in [6.45, 7) is 9.85. The van der Waals surface area contributed by atoms with E-state index >= 15 is 0 Å². The minimum atomic E-state index is -5.08. The third-order valence-electron chi connectivity index (χ3n) is 12.4. The van der Waals surface area contributed by atoms with Gasteiger partial charge in [-0.05, 0) is 81.2 Å². The van der Waals surface area contributed by atoms with Crippen LogP contribution in [0.15, 0.2) is 60.9 Å². The molecule has 4 atom stereocenters. The van der Waals surface area contributed by atoms with Crippen molar-refractivity contribution >= 4 is 46.9 Å². The fraction of sp³-hybridized carbons (Fsp3) is 0.478. The van der Waals surface area contributed by atoms with Crippen LogP contribution in [0.2, 0.25) is 5.02 Å².